The van der Waals surface area contributed by atoms with E-state index in [-0.39, 0.29) is 30.2 Å². The summed E-state index contributed by atoms with van der Waals surface area (Å²) in [6.45, 7) is 12.4. The van der Waals surface area contributed by atoms with Gasteiger partial charge < -0.3 is 19.2 Å². The van der Waals surface area contributed by atoms with Crippen molar-refractivity contribution in [3.05, 3.63) is 29.6 Å². The number of nitrogens with zero attached hydrogens (tertiary/aromatic N) is 5. The quantitative estimate of drug-likeness (QED) is 0.203. The number of halogens is 2. The first kappa shape index (κ1) is 33.7. The fourth-order valence-electron chi connectivity index (χ4n) is 4.72. The molecule has 1 aliphatic heterocycles. The lowest BCUT2D eigenvalue weighted by Gasteiger charge is -2.40. The zero-order valence-corrected chi connectivity index (χ0v) is 26.0. The molecule has 11 heteroatoms. The summed E-state index contributed by atoms with van der Waals surface area (Å²) in [6.07, 6.45) is 13.0. The molecular formula is C31H49F2N5O4. The van der Waals surface area contributed by atoms with Crippen LogP contribution in [0.25, 0.3) is 0 Å². The van der Waals surface area contributed by atoms with Gasteiger partial charge >= 0.3 is 5.97 Å². The molecule has 42 heavy (non-hydrogen) atoms. The standard InChI is InChI=1S/C18H35N3O.C13H14F2N2O3/c1-6-7-8-9-10-11-12-13-14-21(18(3,4)5)15-17-20-19-16(2)22-17;14-13(15)6-17(7-13)10-4-3-9(12(18)19)16-11(10)20-5-8-1-2-8/h6-15H2,1-5H3;3-4,8H,1-2,5-7H2,(H,18,19). The number of hydrogen-bond acceptors (Lipinski definition) is 8. The lowest BCUT2D eigenvalue weighted by Crippen LogP contribution is -2.56. The van der Waals surface area contributed by atoms with Crippen molar-refractivity contribution in [3.63, 3.8) is 0 Å². The third-order valence-electron chi connectivity index (χ3n) is 7.52. The summed E-state index contributed by atoms with van der Waals surface area (Å²) in [4.78, 5) is 18.7. The first-order valence-electron chi connectivity index (χ1n) is 15.4. The Morgan fingerprint density at radius 1 is 1.10 bits per heavy atom. The van der Waals surface area contributed by atoms with Crippen molar-refractivity contribution in [3.8, 4) is 5.88 Å². The number of ether oxygens (including phenoxy) is 1. The van der Waals surface area contributed by atoms with Crippen LogP contribution in [0, 0.1) is 12.8 Å². The fourth-order valence-corrected chi connectivity index (χ4v) is 4.72. The lowest BCUT2D eigenvalue weighted by molar-refractivity contribution is -0.0265. The van der Waals surface area contributed by atoms with Gasteiger partial charge in [-0.1, -0.05) is 51.9 Å². The highest BCUT2D eigenvalue weighted by Gasteiger charge is 2.45. The predicted molar refractivity (Wildman–Crippen MR) is 158 cm³/mol. The van der Waals surface area contributed by atoms with E-state index in [1.807, 2.05) is 6.92 Å². The zero-order chi connectivity index (χ0) is 30.8. The van der Waals surface area contributed by atoms with Gasteiger partial charge in [-0.25, -0.2) is 18.6 Å². The molecule has 3 heterocycles. The fraction of sp³-hybridized carbons (Fsp3) is 0.742. The maximum atomic E-state index is 12.9. The molecule has 0 radical (unpaired) electrons. The van der Waals surface area contributed by atoms with E-state index < -0.39 is 11.9 Å². The molecule has 1 aliphatic carbocycles. The summed E-state index contributed by atoms with van der Waals surface area (Å²) in [5.74, 6) is -1.88. The maximum Gasteiger partial charge on any atom is 0.354 e. The molecule has 4 rings (SSSR count). The van der Waals surface area contributed by atoms with Crippen LogP contribution in [0.1, 0.15) is 114 Å². The van der Waals surface area contributed by atoms with E-state index in [2.05, 4.69) is 47.8 Å². The second kappa shape index (κ2) is 15.6. The molecule has 0 bridgehead atoms. The van der Waals surface area contributed by atoms with Crippen LogP contribution in [0.3, 0.4) is 0 Å². The van der Waals surface area contributed by atoms with E-state index in [4.69, 9.17) is 14.3 Å². The number of anilines is 1. The van der Waals surface area contributed by atoms with E-state index >= 15 is 0 Å². The van der Waals surface area contributed by atoms with Gasteiger partial charge in [0.1, 0.15) is 5.69 Å². The van der Waals surface area contributed by atoms with Crippen molar-refractivity contribution in [1.29, 1.82) is 0 Å². The summed E-state index contributed by atoms with van der Waals surface area (Å²) < 4.78 is 36.9. The highest BCUT2D eigenvalue weighted by molar-refractivity contribution is 5.86. The molecule has 0 spiro atoms. The molecular weight excluding hydrogens is 544 g/mol. The largest absolute Gasteiger partial charge is 0.477 e. The number of aromatic nitrogens is 3. The Labute approximate surface area is 249 Å². The monoisotopic (exact) mass is 593 g/mol. The SMILES string of the molecule is CCCCCCCCCCN(Cc1nnc(C)o1)C(C)(C)C.O=C(O)c1ccc(N2CC(F)(F)C2)c(OCC2CC2)n1. The Kier molecular flexibility index (Phi) is 12.5. The molecule has 1 saturated carbocycles. The second-order valence-corrected chi connectivity index (χ2v) is 12.6. The maximum absolute atomic E-state index is 12.9. The summed E-state index contributed by atoms with van der Waals surface area (Å²) in [6, 6.07) is 2.78. The van der Waals surface area contributed by atoms with E-state index in [1.54, 1.807) is 0 Å². The van der Waals surface area contributed by atoms with Crippen molar-refractivity contribution in [1.82, 2.24) is 20.1 Å². The smallest absolute Gasteiger partial charge is 0.354 e. The topological polar surface area (TPSA) is 105 Å². The number of aromatic carboxylic acids is 1. The minimum atomic E-state index is -2.70. The molecule has 2 aromatic heterocycles. The van der Waals surface area contributed by atoms with Crippen LogP contribution in [0.15, 0.2) is 16.5 Å². The van der Waals surface area contributed by atoms with Gasteiger partial charge in [-0.3, -0.25) is 4.90 Å². The highest BCUT2D eigenvalue weighted by Crippen LogP contribution is 2.38. The molecule has 0 amide bonds. The molecule has 1 N–H and O–H groups in total. The van der Waals surface area contributed by atoms with E-state index in [1.165, 1.54) is 68.4 Å². The number of pyridine rings is 1. The Bertz CT molecular complexity index is 1110. The van der Waals surface area contributed by atoms with Gasteiger partial charge in [0.15, 0.2) is 5.69 Å². The first-order chi connectivity index (χ1) is 19.9. The van der Waals surface area contributed by atoms with Gasteiger partial charge in [0.05, 0.1) is 26.2 Å². The van der Waals surface area contributed by atoms with Crippen LogP contribution in [0.4, 0.5) is 14.5 Å². The van der Waals surface area contributed by atoms with Gasteiger partial charge in [0.25, 0.3) is 5.92 Å². The zero-order valence-electron chi connectivity index (χ0n) is 26.0. The summed E-state index contributed by atoms with van der Waals surface area (Å²) >= 11 is 0. The molecule has 0 unspecified atom stereocenters. The second-order valence-electron chi connectivity index (χ2n) is 12.6. The average molecular weight is 594 g/mol. The minimum Gasteiger partial charge on any atom is -0.477 e. The van der Waals surface area contributed by atoms with Crippen molar-refractivity contribution < 1.29 is 27.8 Å². The third kappa shape index (κ3) is 11.5. The highest BCUT2D eigenvalue weighted by atomic mass is 19.3. The van der Waals surface area contributed by atoms with Crippen molar-refractivity contribution >= 4 is 11.7 Å². The van der Waals surface area contributed by atoms with Gasteiger partial charge in [-0.15, -0.1) is 10.2 Å². The van der Waals surface area contributed by atoms with Crippen LogP contribution in [-0.2, 0) is 6.54 Å². The molecule has 2 aromatic rings. The molecule has 9 nitrogen and oxygen atoms in total. The van der Waals surface area contributed by atoms with E-state index in [0.29, 0.717) is 24.1 Å². The number of carbonyl (C=O) groups is 1. The molecule has 236 valence electrons. The summed E-state index contributed by atoms with van der Waals surface area (Å²) in [7, 11) is 0. The molecule has 0 atom stereocenters. The van der Waals surface area contributed by atoms with Crippen LogP contribution >= 0.6 is 0 Å². The van der Waals surface area contributed by atoms with Crippen molar-refractivity contribution in [2.24, 2.45) is 5.92 Å². The van der Waals surface area contributed by atoms with E-state index in [9.17, 15) is 13.6 Å². The van der Waals surface area contributed by atoms with Gasteiger partial charge in [0.2, 0.25) is 17.7 Å². The normalized spacial score (nSPS) is 16.1. The Morgan fingerprint density at radius 2 is 1.74 bits per heavy atom. The van der Waals surface area contributed by atoms with Crippen LogP contribution < -0.4 is 9.64 Å². The number of hydrogen-bond donors (Lipinski definition) is 1. The number of carboxylic acid groups (broad SMARTS) is 1. The van der Waals surface area contributed by atoms with Crippen molar-refractivity contribution in [2.75, 3.05) is 31.1 Å². The number of aryl methyl sites for hydroxylation is 1. The molecule has 2 fully saturated rings. The number of rotatable bonds is 16. The van der Waals surface area contributed by atoms with Gasteiger partial charge in [-0.2, -0.15) is 0 Å². The molecule has 1 saturated heterocycles. The van der Waals surface area contributed by atoms with Crippen LogP contribution in [-0.4, -0.2) is 68.9 Å². The number of alkyl halides is 2. The van der Waals surface area contributed by atoms with Crippen molar-refractivity contribution in [2.45, 2.75) is 117 Å². The summed E-state index contributed by atoms with van der Waals surface area (Å²) in [5, 5.41) is 17.0. The Hall–Kier alpha value is -2.82. The van der Waals surface area contributed by atoms with Crippen LogP contribution in [0.2, 0.25) is 0 Å². The molecule has 0 aromatic carbocycles. The van der Waals surface area contributed by atoms with Gasteiger partial charge in [0, 0.05) is 12.5 Å². The molecule has 2 aliphatic rings. The number of carboxylic acids is 1. The minimum absolute atomic E-state index is 0.128. The average Bonchev–Trinajstić information content (AvgIpc) is 3.65. The third-order valence-corrected chi connectivity index (χ3v) is 7.52. The Morgan fingerprint density at radius 3 is 2.26 bits per heavy atom. The number of unbranched alkanes of at least 4 members (excludes halogenated alkanes) is 7. The summed E-state index contributed by atoms with van der Waals surface area (Å²) in [5.41, 5.74) is 0.414. The van der Waals surface area contributed by atoms with Crippen LogP contribution in [0.5, 0.6) is 5.88 Å². The van der Waals surface area contributed by atoms with Gasteiger partial charge in [-0.05, 0) is 64.6 Å². The predicted octanol–water partition coefficient (Wildman–Crippen LogP) is 7.14. The van der Waals surface area contributed by atoms with E-state index in [0.717, 1.165) is 31.8 Å². The lowest BCUT2D eigenvalue weighted by atomic mass is 10.0. The first-order valence-corrected chi connectivity index (χ1v) is 15.4. The Balaban J connectivity index is 0.000000231.